The van der Waals surface area contributed by atoms with Crippen molar-refractivity contribution < 1.29 is 9.21 Å². The Bertz CT molecular complexity index is 509. The highest BCUT2D eigenvalue weighted by Gasteiger charge is 2.11. The fourth-order valence-electron chi connectivity index (χ4n) is 2.29. The van der Waals surface area contributed by atoms with Crippen molar-refractivity contribution in [3.63, 3.8) is 0 Å². The number of carbonyl (C=O) groups is 1. The molecule has 0 aliphatic carbocycles. The maximum Gasteiger partial charge on any atom is 0.287 e. The largest absolute Gasteiger partial charge is 0.459 e. The van der Waals surface area contributed by atoms with Gasteiger partial charge >= 0.3 is 0 Å². The van der Waals surface area contributed by atoms with E-state index in [1.165, 1.54) is 19.1 Å². The summed E-state index contributed by atoms with van der Waals surface area (Å²) in [5.41, 5.74) is 0.854. The van der Waals surface area contributed by atoms with Gasteiger partial charge in [-0.05, 0) is 31.7 Å². The van der Waals surface area contributed by atoms with Crippen molar-refractivity contribution >= 4 is 11.9 Å². The number of nitrogens with one attached hydrogen (secondary N) is 3. The number of guanidine groups is 1. The molecule has 1 aromatic heterocycles. The predicted molar refractivity (Wildman–Crippen MR) is 98.4 cm³/mol. The van der Waals surface area contributed by atoms with Crippen LogP contribution in [0.4, 0.5) is 0 Å². The Morgan fingerprint density at radius 1 is 1.12 bits per heavy atom. The van der Waals surface area contributed by atoms with Crippen molar-refractivity contribution in [2.24, 2.45) is 10.9 Å². The van der Waals surface area contributed by atoms with Crippen LogP contribution in [0.15, 0.2) is 21.7 Å². The molecular formula is C18H32N4O2. The van der Waals surface area contributed by atoms with E-state index in [-0.39, 0.29) is 5.91 Å². The third-order valence-electron chi connectivity index (χ3n) is 3.72. The van der Waals surface area contributed by atoms with Gasteiger partial charge in [0.2, 0.25) is 0 Å². The zero-order valence-corrected chi connectivity index (χ0v) is 15.4. The summed E-state index contributed by atoms with van der Waals surface area (Å²) in [6.45, 7) is 8.64. The second-order valence-corrected chi connectivity index (χ2v) is 6.36. The molecule has 6 nitrogen and oxygen atoms in total. The SMILES string of the molecule is CN=C(NCCCCC(C)C)NCCCNC(=O)c1occc1C. The number of hydrogen-bond acceptors (Lipinski definition) is 3. The van der Waals surface area contributed by atoms with Crippen molar-refractivity contribution in [3.05, 3.63) is 23.7 Å². The average molecular weight is 336 g/mol. The Labute approximate surface area is 145 Å². The lowest BCUT2D eigenvalue weighted by Gasteiger charge is -2.12. The van der Waals surface area contributed by atoms with Gasteiger partial charge < -0.3 is 20.4 Å². The van der Waals surface area contributed by atoms with Crippen molar-refractivity contribution in [2.45, 2.75) is 46.5 Å². The minimum atomic E-state index is -0.162. The molecule has 0 saturated heterocycles. The number of furan rings is 1. The van der Waals surface area contributed by atoms with Crippen LogP contribution in [0, 0.1) is 12.8 Å². The molecule has 136 valence electrons. The number of aliphatic imine (C=N–C) groups is 1. The molecule has 0 bridgehead atoms. The zero-order chi connectivity index (χ0) is 17.8. The van der Waals surface area contributed by atoms with E-state index in [1.54, 1.807) is 13.1 Å². The summed E-state index contributed by atoms with van der Waals surface area (Å²) < 4.78 is 5.16. The van der Waals surface area contributed by atoms with Crippen LogP contribution >= 0.6 is 0 Å². The smallest absolute Gasteiger partial charge is 0.287 e. The highest BCUT2D eigenvalue weighted by molar-refractivity contribution is 5.92. The number of aryl methyl sites for hydroxylation is 1. The second-order valence-electron chi connectivity index (χ2n) is 6.36. The lowest BCUT2D eigenvalue weighted by molar-refractivity contribution is 0.0925. The molecule has 1 heterocycles. The molecule has 0 atom stereocenters. The average Bonchev–Trinajstić information content (AvgIpc) is 2.98. The van der Waals surface area contributed by atoms with Gasteiger partial charge in [-0.1, -0.05) is 26.7 Å². The molecule has 0 saturated carbocycles. The number of nitrogens with zero attached hydrogens (tertiary/aromatic N) is 1. The molecule has 0 spiro atoms. The van der Waals surface area contributed by atoms with Crippen LogP contribution in [0.5, 0.6) is 0 Å². The van der Waals surface area contributed by atoms with Gasteiger partial charge in [-0.2, -0.15) is 0 Å². The Morgan fingerprint density at radius 3 is 2.38 bits per heavy atom. The first kappa shape index (κ1) is 20.1. The van der Waals surface area contributed by atoms with E-state index >= 15 is 0 Å². The van der Waals surface area contributed by atoms with Crippen LogP contribution in [0.1, 0.15) is 55.6 Å². The Hall–Kier alpha value is -1.98. The van der Waals surface area contributed by atoms with Gasteiger partial charge in [-0.15, -0.1) is 0 Å². The molecule has 0 fully saturated rings. The highest BCUT2D eigenvalue weighted by atomic mass is 16.3. The third-order valence-corrected chi connectivity index (χ3v) is 3.72. The first-order chi connectivity index (χ1) is 11.5. The van der Waals surface area contributed by atoms with Gasteiger partial charge in [0.05, 0.1) is 6.26 Å². The van der Waals surface area contributed by atoms with E-state index < -0.39 is 0 Å². The van der Waals surface area contributed by atoms with E-state index in [9.17, 15) is 4.79 Å². The Kier molecular flexibility index (Phi) is 9.65. The summed E-state index contributed by atoms with van der Waals surface area (Å²) >= 11 is 0. The van der Waals surface area contributed by atoms with Crippen LogP contribution < -0.4 is 16.0 Å². The lowest BCUT2D eigenvalue weighted by atomic mass is 10.1. The van der Waals surface area contributed by atoms with E-state index in [4.69, 9.17) is 4.42 Å². The molecule has 1 aromatic rings. The molecule has 1 amide bonds. The standard InChI is InChI=1S/C18H32N4O2/c1-14(2)8-5-6-10-21-18(19-4)22-12-7-11-20-17(23)16-15(3)9-13-24-16/h9,13-14H,5-8,10-12H2,1-4H3,(H,20,23)(H2,19,21,22). The molecule has 0 unspecified atom stereocenters. The summed E-state index contributed by atoms with van der Waals surface area (Å²) in [5.74, 6) is 1.81. The Morgan fingerprint density at radius 2 is 1.79 bits per heavy atom. The fourth-order valence-corrected chi connectivity index (χ4v) is 2.29. The van der Waals surface area contributed by atoms with Crippen molar-refractivity contribution in [2.75, 3.05) is 26.7 Å². The monoisotopic (exact) mass is 336 g/mol. The number of hydrogen-bond donors (Lipinski definition) is 3. The van der Waals surface area contributed by atoms with E-state index in [1.807, 2.05) is 6.92 Å². The lowest BCUT2D eigenvalue weighted by Crippen LogP contribution is -2.39. The summed E-state index contributed by atoms with van der Waals surface area (Å²) in [5, 5.41) is 9.42. The summed E-state index contributed by atoms with van der Waals surface area (Å²) in [6, 6.07) is 1.79. The minimum Gasteiger partial charge on any atom is -0.459 e. The molecule has 0 aliphatic rings. The van der Waals surface area contributed by atoms with Gasteiger partial charge in [-0.25, -0.2) is 0 Å². The predicted octanol–water partition coefficient (Wildman–Crippen LogP) is 2.70. The summed E-state index contributed by atoms with van der Waals surface area (Å²) in [6.07, 6.45) is 6.00. The van der Waals surface area contributed by atoms with E-state index in [2.05, 4.69) is 34.8 Å². The minimum absolute atomic E-state index is 0.162. The van der Waals surface area contributed by atoms with Gasteiger partial charge in [-0.3, -0.25) is 9.79 Å². The molecule has 0 aromatic carbocycles. The van der Waals surface area contributed by atoms with Crippen LogP contribution in [-0.4, -0.2) is 38.5 Å². The summed E-state index contributed by atoms with van der Waals surface area (Å²) in [7, 11) is 1.77. The fraction of sp³-hybridized carbons (Fsp3) is 0.667. The summed E-state index contributed by atoms with van der Waals surface area (Å²) in [4.78, 5) is 16.1. The zero-order valence-electron chi connectivity index (χ0n) is 15.4. The van der Waals surface area contributed by atoms with Gasteiger partial charge in [0, 0.05) is 32.2 Å². The molecule has 1 rings (SSSR count). The number of unbranched alkanes of at least 4 members (excludes halogenated alkanes) is 1. The number of amides is 1. The van der Waals surface area contributed by atoms with E-state index in [0.717, 1.165) is 43.4 Å². The molecular weight excluding hydrogens is 304 g/mol. The van der Waals surface area contributed by atoms with Gasteiger partial charge in [0.1, 0.15) is 0 Å². The first-order valence-corrected chi connectivity index (χ1v) is 8.81. The quantitative estimate of drug-likeness (QED) is 0.349. The van der Waals surface area contributed by atoms with Crippen LogP contribution in [0.2, 0.25) is 0 Å². The molecule has 3 N–H and O–H groups in total. The van der Waals surface area contributed by atoms with Crippen LogP contribution in [-0.2, 0) is 0 Å². The second kappa shape index (κ2) is 11.5. The molecule has 6 heteroatoms. The highest BCUT2D eigenvalue weighted by Crippen LogP contribution is 2.07. The molecule has 0 aliphatic heterocycles. The Balaban J connectivity index is 2.08. The van der Waals surface area contributed by atoms with Crippen molar-refractivity contribution in [3.8, 4) is 0 Å². The maximum absolute atomic E-state index is 11.9. The normalized spacial score (nSPS) is 11.6. The van der Waals surface area contributed by atoms with Gasteiger partial charge in [0.15, 0.2) is 11.7 Å². The first-order valence-electron chi connectivity index (χ1n) is 8.81. The van der Waals surface area contributed by atoms with Gasteiger partial charge in [0.25, 0.3) is 5.91 Å². The van der Waals surface area contributed by atoms with Crippen LogP contribution in [0.3, 0.4) is 0 Å². The molecule has 0 radical (unpaired) electrons. The number of rotatable bonds is 10. The topological polar surface area (TPSA) is 78.7 Å². The molecule has 24 heavy (non-hydrogen) atoms. The van der Waals surface area contributed by atoms with E-state index in [0.29, 0.717) is 12.3 Å². The van der Waals surface area contributed by atoms with Crippen LogP contribution in [0.25, 0.3) is 0 Å². The number of carbonyl (C=O) groups excluding carboxylic acids is 1. The van der Waals surface area contributed by atoms with Crippen molar-refractivity contribution in [1.29, 1.82) is 0 Å². The third kappa shape index (κ3) is 8.04. The maximum atomic E-state index is 11.9. The van der Waals surface area contributed by atoms with Crippen molar-refractivity contribution in [1.82, 2.24) is 16.0 Å².